The first-order chi connectivity index (χ1) is 9.32. The van der Waals surface area contributed by atoms with Gasteiger partial charge < -0.3 is 10.4 Å². The lowest BCUT2D eigenvalue weighted by atomic mass is 10.1. The fourth-order valence-electron chi connectivity index (χ4n) is 1.47. The first-order valence-corrected chi connectivity index (χ1v) is 6.15. The first-order valence-electron chi connectivity index (χ1n) is 5.78. The summed E-state index contributed by atoms with van der Waals surface area (Å²) in [5.41, 5.74) is -0.497. The van der Waals surface area contributed by atoms with Crippen LogP contribution in [0.2, 0.25) is 5.02 Å². The molecule has 0 aliphatic rings. The number of carbonyl (C=O) groups excluding carboxylic acids is 1. The summed E-state index contributed by atoms with van der Waals surface area (Å²) >= 11 is 5.64. The second-order valence-corrected chi connectivity index (χ2v) is 4.64. The highest BCUT2D eigenvalue weighted by molar-refractivity contribution is 6.31. The second kappa shape index (κ2) is 6.85. The van der Waals surface area contributed by atoms with Crippen molar-refractivity contribution in [1.29, 1.82) is 0 Å². The van der Waals surface area contributed by atoms with Gasteiger partial charge in [0.1, 0.15) is 5.56 Å². The molecule has 1 aromatic carbocycles. The lowest BCUT2D eigenvalue weighted by Crippen LogP contribution is -2.27. The molecule has 2 N–H and O–H groups in total. The normalized spacial score (nSPS) is 11.7. The first kappa shape index (κ1) is 15.9. The SMILES string of the molecule is CC(CCNC(=O)c1ccc(Cl)cc1[N+](=O)[O-])C(=O)O. The number of benzene rings is 1. The molecule has 0 aromatic heterocycles. The highest BCUT2D eigenvalue weighted by atomic mass is 35.5. The molecule has 7 nitrogen and oxygen atoms in total. The van der Waals surface area contributed by atoms with Crippen LogP contribution in [0.25, 0.3) is 0 Å². The molecule has 108 valence electrons. The van der Waals surface area contributed by atoms with Gasteiger partial charge in [0.2, 0.25) is 0 Å². The van der Waals surface area contributed by atoms with Gasteiger partial charge in [-0.15, -0.1) is 0 Å². The number of aliphatic carboxylic acids is 1. The zero-order valence-corrected chi connectivity index (χ0v) is 11.4. The molecule has 20 heavy (non-hydrogen) atoms. The van der Waals surface area contributed by atoms with Crippen LogP contribution in [0.4, 0.5) is 5.69 Å². The predicted octanol–water partition coefficient (Wildman–Crippen LogP) is 2.09. The summed E-state index contributed by atoms with van der Waals surface area (Å²) in [6, 6.07) is 3.73. The van der Waals surface area contributed by atoms with E-state index in [2.05, 4.69) is 5.32 Å². The topological polar surface area (TPSA) is 110 Å². The number of nitrogens with one attached hydrogen (secondary N) is 1. The van der Waals surface area contributed by atoms with Crippen molar-refractivity contribution in [3.8, 4) is 0 Å². The van der Waals surface area contributed by atoms with Crippen molar-refractivity contribution in [2.24, 2.45) is 5.92 Å². The van der Waals surface area contributed by atoms with Crippen molar-refractivity contribution in [1.82, 2.24) is 5.32 Å². The summed E-state index contributed by atoms with van der Waals surface area (Å²) in [6.07, 6.45) is 0.239. The van der Waals surface area contributed by atoms with Crippen LogP contribution in [0.3, 0.4) is 0 Å². The van der Waals surface area contributed by atoms with Gasteiger partial charge in [-0.3, -0.25) is 19.7 Å². The summed E-state index contributed by atoms with van der Waals surface area (Å²) in [5, 5.41) is 22.1. The van der Waals surface area contributed by atoms with Crippen LogP contribution in [0.15, 0.2) is 18.2 Å². The van der Waals surface area contributed by atoms with Gasteiger partial charge in [-0.05, 0) is 18.6 Å². The molecular formula is C12H13ClN2O5. The smallest absolute Gasteiger partial charge is 0.306 e. The number of hydrogen-bond acceptors (Lipinski definition) is 4. The van der Waals surface area contributed by atoms with Gasteiger partial charge in [0.05, 0.1) is 10.8 Å². The average Bonchev–Trinajstić information content (AvgIpc) is 2.37. The minimum atomic E-state index is -0.961. The molecule has 1 atom stereocenters. The molecule has 1 aromatic rings. The maximum atomic E-state index is 11.8. The zero-order valence-electron chi connectivity index (χ0n) is 10.6. The van der Waals surface area contributed by atoms with Crippen molar-refractivity contribution in [3.05, 3.63) is 38.9 Å². The minimum absolute atomic E-state index is 0.109. The Balaban J connectivity index is 2.73. The van der Waals surface area contributed by atoms with E-state index in [1.54, 1.807) is 0 Å². The van der Waals surface area contributed by atoms with Crippen LogP contribution < -0.4 is 5.32 Å². The molecule has 1 rings (SSSR count). The summed E-state index contributed by atoms with van der Waals surface area (Å²) in [4.78, 5) is 32.6. The lowest BCUT2D eigenvalue weighted by molar-refractivity contribution is -0.385. The van der Waals surface area contributed by atoms with Crippen LogP contribution in [0.1, 0.15) is 23.7 Å². The number of carbonyl (C=O) groups is 2. The summed E-state index contributed by atoms with van der Waals surface area (Å²) in [5.74, 6) is -2.20. The Morgan fingerprint density at radius 1 is 1.50 bits per heavy atom. The molecule has 0 spiro atoms. The third-order valence-corrected chi connectivity index (χ3v) is 2.92. The Morgan fingerprint density at radius 3 is 2.70 bits per heavy atom. The van der Waals surface area contributed by atoms with Crippen molar-refractivity contribution >= 4 is 29.2 Å². The summed E-state index contributed by atoms with van der Waals surface area (Å²) in [7, 11) is 0. The van der Waals surface area contributed by atoms with Gasteiger partial charge >= 0.3 is 5.97 Å². The Hall–Kier alpha value is -2.15. The van der Waals surface area contributed by atoms with Crippen molar-refractivity contribution in [2.45, 2.75) is 13.3 Å². The van der Waals surface area contributed by atoms with Crippen LogP contribution in [0.5, 0.6) is 0 Å². The summed E-state index contributed by atoms with van der Waals surface area (Å²) in [6.45, 7) is 1.63. The van der Waals surface area contributed by atoms with Gasteiger partial charge in [-0.2, -0.15) is 0 Å². The van der Waals surface area contributed by atoms with Gasteiger partial charge in [0, 0.05) is 17.6 Å². The molecule has 0 aliphatic carbocycles. The Morgan fingerprint density at radius 2 is 2.15 bits per heavy atom. The maximum Gasteiger partial charge on any atom is 0.306 e. The molecule has 1 amide bonds. The maximum absolute atomic E-state index is 11.8. The molecular weight excluding hydrogens is 288 g/mol. The number of nitro benzene ring substituents is 1. The molecule has 8 heteroatoms. The lowest BCUT2D eigenvalue weighted by Gasteiger charge is -2.08. The van der Waals surface area contributed by atoms with E-state index in [4.69, 9.17) is 16.7 Å². The zero-order chi connectivity index (χ0) is 15.3. The number of halogens is 1. The van der Waals surface area contributed by atoms with E-state index < -0.39 is 22.7 Å². The molecule has 0 radical (unpaired) electrons. The number of hydrogen-bond donors (Lipinski definition) is 2. The largest absolute Gasteiger partial charge is 0.481 e. The van der Waals surface area contributed by atoms with E-state index in [1.807, 2.05) is 0 Å². The minimum Gasteiger partial charge on any atom is -0.481 e. The molecule has 0 heterocycles. The highest BCUT2D eigenvalue weighted by Crippen LogP contribution is 2.23. The van der Waals surface area contributed by atoms with Crippen LogP contribution in [0, 0.1) is 16.0 Å². The number of amides is 1. The van der Waals surface area contributed by atoms with E-state index in [0.29, 0.717) is 0 Å². The average molecular weight is 301 g/mol. The van der Waals surface area contributed by atoms with E-state index >= 15 is 0 Å². The number of nitrogens with zero attached hydrogens (tertiary/aromatic N) is 1. The van der Waals surface area contributed by atoms with Gasteiger partial charge in [-0.1, -0.05) is 18.5 Å². The third-order valence-electron chi connectivity index (χ3n) is 2.69. The Bertz CT molecular complexity index is 547. The number of carboxylic acid groups (broad SMARTS) is 1. The third kappa shape index (κ3) is 4.20. The molecule has 0 bridgehead atoms. The van der Waals surface area contributed by atoms with E-state index in [-0.39, 0.29) is 29.2 Å². The van der Waals surface area contributed by atoms with E-state index in [0.717, 1.165) is 6.07 Å². The van der Waals surface area contributed by atoms with E-state index in [1.165, 1.54) is 19.1 Å². The quantitative estimate of drug-likeness (QED) is 0.617. The molecule has 0 aliphatic heterocycles. The van der Waals surface area contributed by atoms with Crippen molar-refractivity contribution in [3.63, 3.8) is 0 Å². The molecule has 1 unspecified atom stereocenters. The fraction of sp³-hybridized carbons (Fsp3) is 0.333. The number of rotatable bonds is 6. The van der Waals surface area contributed by atoms with Crippen LogP contribution >= 0.6 is 11.6 Å². The second-order valence-electron chi connectivity index (χ2n) is 4.20. The van der Waals surface area contributed by atoms with Crippen LogP contribution in [-0.4, -0.2) is 28.5 Å². The van der Waals surface area contributed by atoms with E-state index in [9.17, 15) is 19.7 Å². The number of carboxylic acids is 1. The monoisotopic (exact) mass is 300 g/mol. The van der Waals surface area contributed by atoms with Crippen molar-refractivity contribution < 1.29 is 19.6 Å². The van der Waals surface area contributed by atoms with Crippen molar-refractivity contribution in [2.75, 3.05) is 6.54 Å². The predicted molar refractivity (Wildman–Crippen MR) is 71.9 cm³/mol. The van der Waals surface area contributed by atoms with Gasteiger partial charge in [-0.25, -0.2) is 0 Å². The van der Waals surface area contributed by atoms with Gasteiger partial charge in [0.25, 0.3) is 11.6 Å². The highest BCUT2D eigenvalue weighted by Gasteiger charge is 2.20. The fourth-order valence-corrected chi connectivity index (χ4v) is 1.64. The Labute approximate surface area is 119 Å². The Kier molecular flexibility index (Phi) is 5.45. The number of nitro groups is 1. The standard InChI is InChI=1S/C12H13ClN2O5/c1-7(12(17)18)4-5-14-11(16)9-3-2-8(13)6-10(9)15(19)20/h2-3,6-7H,4-5H2,1H3,(H,14,16)(H,17,18). The summed E-state index contributed by atoms with van der Waals surface area (Å²) < 4.78 is 0. The van der Waals surface area contributed by atoms with Gasteiger partial charge in [0.15, 0.2) is 0 Å². The van der Waals surface area contributed by atoms with Crippen LogP contribution in [-0.2, 0) is 4.79 Å². The molecule has 0 saturated heterocycles. The molecule has 0 fully saturated rings. The molecule has 0 saturated carbocycles.